The fourth-order valence-electron chi connectivity index (χ4n) is 5.62. The average Bonchev–Trinajstić information content (AvgIpc) is 2.82. The quantitative estimate of drug-likeness (QED) is 0.542. The van der Waals surface area contributed by atoms with Gasteiger partial charge in [-0.1, -0.05) is 18.2 Å². The third-order valence-corrected chi connectivity index (χ3v) is 7.85. The predicted octanol–water partition coefficient (Wildman–Crippen LogP) is 4.25. The van der Waals surface area contributed by atoms with Crippen molar-refractivity contribution in [3.63, 3.8) is 0 Å². The van der Waals surface area contributed by atoms with Crippen LogP contribution in [0.3, 0.4) is 0 Å². The third kappa shape index (κ3) is 3.80. The first kappa shape index (κ1) is 22.2. The monoisotopic (exact) mass is 492 g/mol. The molecule has 3 aromatic rings. The van der Waals surface area contributed by atoms with Gasteiger partial charge in [-0.25, -0.2) is 0 Å². The molecule has 6 rings (SSSR count). The lowest BCUT2D eigenvalue weighted by molar-refractivity contribution is 0.309. The van der Waals surface area contributed by atoms with Crippen molar-refractivity contribution in [1.82, 2.24) is 4.90 Å². The molecular weight excluding hydrogens is 464 g/mol. The maximum Gasteiger partial charge on any atom is 0.296 e. The van der Waals surface area contributed by atoms with Gasteiger partial charge in [0.25, 0.3) is 10.1 Å². The molecule has 8 nitrogen and oxygen atoms in total. The van der Waals surface area contributed by atoms with E-state index >= 15 is 0 Å². The van der Waals surface area contributed by atoms with E-state index in [4.69, 9.17) is 4.74 Å². The summed E-state index contributed by atoms with van der Waals surface area (Å²) < 4.78 is 41.4. The second-order valence-corrected chi connectivity index (χ2v) is 10.8. The van der Waals surface area contributed by atoms with Gasteiger partial charge in [0.05, 0.1) is 19.0 Å². The van der Waals surface area contributed by atoms with Crippen LogP contribution >= 0.6 is 0 Å². The lowest BCUT2D eigenvalue weighted by Gasteiger charge is -2.48. The first-order chi connectivity index (χ1) is 16.8. The summed E-state index contributed by atoms with van der Waals surface area (Å²) >= 11 is 0. The topological polar surface area (TPSA) is 76.6 Å². The van der Waals surface area contributed by atoms with Crippen LogP contribution in [-0.4, -0.2) is 44.8 Å². The van der Waals surface area contributed by atoms with Crippen LogP contribution < -0.4 is 19.4 Å². The number of rotatable bonds is 4. The Labute approximate surface area is 205 Å². The normalized spacial score (nSPS) is 17.1. The summed E-state index contributed by atoms with van der Waals surface area (Å²) in [4.78, 5) is 8.76. The molecule has 1 N–H and O–H groups in total. The van der Waals surface area contributed by atoms with Crippen molar-refractivity contribution in [3.05, 3.63) is 71.3 Å². The Morgan fingerprint density at radius 1 is 0.886 bits per heavy atom. The maximum absolute atomic E-state index is 12.6. The van der Waals surface area contributed by atoms with E-state index in [1.807, 2.05) is 49.5 Å². The molecule has 3 aliphatic heterocycles. The second kappa shape index (κ2) is 8.15. The average molecular weight is 493 g/mol. The summed E-state index contributed by atoms with van der Waals surface area (Å²) in [6.07, 6.45) is 0. The smallest absolute Gasteiger partial charge is 0.296 e. The van der Waals surface area contributed by atoms with Gasteiger partial charge in [0.1, 0.15) is 16.4 Å². The molecule has 0 saturated heterocycles. The molecule has 0 spiro atoms. The van der Waals surface area contributed by atoms with Gasteiger partial charge in [-0.05, 0) is 61.5 Å². The van der Waals surface area contributed by atoms with Crippen molar-refractivity contribution in [2.45, 2.75) is 31.5 Å². The first-order valence-corrected chi connectivity index (χ1v) is 13.2. The van der Waals surface area contributed by atoms with Crippen molar-refractivity contribution in [2.24, 2.45) is 0 Å². The van der Waals surface area contributed by atoms with Crippen LogP contribution in [0.1, 0.15) is 23.6 Å². The second-order valence-electron chi connectivity index (χ2n) is 9.44. The molecule has 0 aromatic heterocycles. The van der Waals surface area contributed by atoms with Crippen LogP contribution in [0.2, 0.25) is 0 Å². The van der Waals surface area contributed by atoms with E-state index in [1.165, 1.54) is 0 Å². The molecule has 0 saturated carbocycles. The highest BCUT2D eigenvalue weighted by Crippen LogP contribution is 2.48. The van der Waals surface area contributed by atoms with Crippen LogP contribution in [0.4, 0.5) is 17.1 Å². The van der Waals surface area contributed by atoms with Crippen molar-refractivity contribution < 1.29 is 17.7 Å². The predicted molar refractivity (Wildman–Crippen MR) is 136 cm³/mol. The zero-order valence-electron chi connectivity index (χ0n) is 19.8. The minimum Gasteiger partial charge on any atom is -0.457 e. The molecule has 0 amide bonds. The number of hydrogen-bond acceptors (Lipinski definition) is 7. The largest absolute Gasteiger partial charge is 0.457 e. The Morgan fingerprint density at radius 3 is 2.43 bits per heavy atom. The third-order valence-electron chi connectivity index (χ3n) is 6.98. The fourth-order valence-corrected chi connectivity index (χ4v) is 6.40. The Morgan fingerprint density at radius 2 is 1.69 bits per heavy atom. The fraction of sp³-hybridized carbons (Fsp3) is 0.308. The zero-order chi connectivity index (χ0) is 24.3. The number of fused-ring (bicyclic) bond motifs is 8. The number of nitrogens with zero attached hydrogens (tertiary/aromatic N) is 4. The van der Waals surface area contributed by atoms with Gasteiger partial charge in [-0.15, -0.1) is 0 Å². The summed E-state index contributed by atoms with van der Waals surface area (Å²) in [5, 5.41) is 0. The molecule has 2 bridgehead atoms. The van der Waals surface area contributed by atoms with Gasteiger partial charge in [-0.3, -0.25) is 9.45 Å². The molecule has 0 fully saturated rings. The molecule has 3 aliphatic rings. The minimum atomic E-state index is -4.40. The van der Waals surface area contributed by atoms with Crippen LogP contribution in [0, 0.1) is 0 Å². The SMILES string of the molecule is CCN1CN(C)Cc2cc(S(=O)(=O)O)c3c(c21)CN1CN3Cc2cc(Oc3ccccc3)ccc21. The van der Waals surface area contributed by atoms with Crippen molar-refractivity contribution >= 4 is 27.2 Å². The van der Waals surface area contributed by atoms with Crippen LogP contribution in [0.5, 0.6) is 11.5 Å². The molecule has 3 aromatic carbocycles. The summed E-state index contributed by atoms with van der Waals surface area (Å²) in [6.45, 7) is 6.00. The van der Waals surface area contributed by atoms with E-state index in [0.717, 1.165) is 52.8 Å². The molecule has 35 heavy (non-hydrogen) atoms. The number of anilines is 3. The molecule has 0 atom stereocenters. The molecule has 0 unspecified atom stereocenters. The van der Waals surface area contributed by atoms with E-state index in [0.29, 0.717) is 32.0 Å². The number of ether oxygens (including phenoxy) is 1. The molecular formula is C26H28N4O4S. The summed E-state index contributed by atoms with van der Waals surface area (Å²) in [5.74, 6) is 1.50. The van der Waals surface area contributed by atoms with Crippen LogP contribution in [0.25, 0.3) is 0 Å². The zero-order valence-corrected chi connectivity index (χ0v) is 20.6. The first-order valence-electron chi connectivity index (χ1n) is 11.8. The standard InChI is InChI=1S/C26H28N4O4S/c1-3-28-16-27(2)13-19-12-24(35(31,32)33)26-22(25(19)28)15-29-17-30(26)14-18-11-21(9-10-23(18)29)34-20-7-5-4-6-8-20/h4-12H,3,13-17H2,1-2H3,(H,31,32,33). The van der Waals surface area contributed by atoms with Crippen molar-refractivity contribution in [1.29, 1.82) is 0 Å². The van der Waals surface area contributed by atoms with Gasteiger partial charge in [0, 0.05) is 43.1 Å². The van der Waals surface area contributed by atoms with Gasteiger partial charge in [0.15, 0.2) is 0 Å². The van der Waals surface area contributed by atoms with E-state index < -0.39 is 10.1 Å². The highest BCUT2D eigenvalue weighted by molar-refractivity contribution is 7.86. The Balaban J connectivity index is 1.45. The highest BCUT2D eigenvalue weighted by Gasteiger charge is 2.38. The van der Waals surface area contributed by atoms with Crippen LogP contribution in [-0.2, 0) is 29.8 Å². The Bertz CT molecular complexity index is 1410. The van der Waals surface area contributed by atoms with Crippen molar-refractivity contribution in [3.8, 4) is 11.5 Å². The molecule has 0 radical (unpaired) electrons. The van der Waals surface area contributed by atoms with E-state index in [1.54, 1.807) is 6.07 Å². The summed E-state index contributed by atoms with van der Waals surface area (Å²) in [6, 6.07) is 17.4. The van der Waals surface area contributed by atoms with E-state index in [9.17, 15) is 13.0 Å². The molecule has 182 valence electrons. The molecule has 0 aliphatic carbocycles. The number of para-hydroxylation sites is 1. The lowest BCUT2D eigenvalue weighted by Crippen LogP contribution is -2.48. The van der Waals surface area contributed by atoms with Crippen molar-refractivity contribution in [2.75, 3.05) is 41.6 Å². The number of benzene rings is 3. The molecule has 3 heterocycles. The highest BCUT2D eigenvalue weighted by atomic mass is 32.2. The van der Waals surface area contributed by atoms with Gasteiger partial charge in [-0.2, -0.15) is 8.42 Å². The summed E-state index contributed by atoms with van der Waals surface area (Å²) in [7, 11) is -2.38. The lowest BCUT2D eigenvalue weighted by atomic mass is 9.95. The van der Waals surface area contributed by atoms with Gasteiger partial charge >= 0.3 is 0 Å². The molecule has 9 heteroatoms. The van der Waals surface area contributed by atoms with Gasteiger partial charge < -0.3 is 19.4 Å². The number of hydrogen-bond donors (Lipinski definition) is 1. The van der Waals surface area contributed by atoms with Crippen LogP contribution in [0.15, 0.2) is 59.5 Å². The Kier molecular flexibility index (Phi) is 5.17. The van der Waals surface area contributed by atoms with E-state index in [2.05, 4.69) is 32.6 Å². The summed E-state index contributed by atoms with van der Waals surface area (Å²) in [5.41, 5.74) is 5.78. The maximum atomic E-state index is 12.6. The minimum absolute atomic E-state index is 0.00241. The Hall–Kier alpha value is -3.27. The van der Waals surface area contributed by atoms with Gasteiger partial charge in [0.2, 0.25) is 0 Å². The van der Waals surface area contributed by atoms with E-state index in [-0.39, 0.29) is 4.90 Å².